The van der Waals surface area contributed by atoms with Gasteiger partial charge in [-0.05, 0) is 37.1 Å². The molecule has 1 aliphatic rings. The van der Waals surface area contributed by atoms with Crippen LogP contribution in [0.25, 0.3) is 5.57 Å². The molecule has 0 saturated carbocycles. The number of benzene rings is 1. The van der Waals surface area contributed by atoms with Gasteiger partial charge in [0.1, 0.15) is 5.75 Å². The number of hydrogen-bond acceptors (Lipinski definition) is 3. The molecule has 0 spiro atoms. The Morgan fingerprint density at radius 2 is 2.31 bits per heavy atom. The van der Waals surface area contributed by atoms with E-state index >= 15 is 0 Å². The van der Waals surface area contributed by atoms with Gasteiger partial charge < -0.3 is 15.2 Å². The van der Waals surface area contributed by atoms with Gasteiger partial charge in [-0.25, -0.2) is 0 Å². The molecule has 3 heteroatoms. The quantitative estimate of drug-likeness (QED) is 0.794. The van der Waals surface area contributed by atoms with Crippen LogP contribution in [0.1, 0.15) is 18.9 Å². The van der Waals surface area contributed by atoms with Gasteiger partial charge in [-0.2, -0.15) is 0 Å². The van der Waals surface area contributed by atoms with Gasteiger partial charge in [0.15, 0.2) is 0 Å². The van der Waals surface area contributed by atoms with Gasteiger partial charge in [0.25, 0.3) is 0 Å². The average Bonchev–Trinajstić information content (AvgIpc) is 2.33. The zero-order valence-electron chi connectivity index (χ0n) is 9.53. The lowest BCUT2D eigenvalue weighted by Gasteiger charge is -2.17. The Morgan fingerprint density at radius 3 is 3.00 bits per heavy atom. The molecule has 1 heterocycles. The molecule has 16 heavy (non-hydrogen) atoms. The van der Waals surface area contributed by atoms with E-state index in [2.05, 4.69) is 6.08 Å². The zero-order chi connectivity index (χ0) is 11.4. The summed E-state index contributed by atoms with van der Waals surface area (Å²) in [6.45, 7) is 4.10. The van der Waals surface area contributed by atoms with Crippen molar-refractivity contribution in [3.8, 4) is 5.75 Å². The molecular weight excluding hydrogens is 202 g/mol. The maximum atomic E-state index is 5.82. The molecule has 2 N–H and O–H groups in total. The van der Waals surface area contributed by atoms with Gasteiger partial charge >= 0.3 is 0 Å². The van der Waals surface area contributed by atoms with Crippen LogP contribution in [-0.4, -0.2) is 19.8 Å². The molecule has 0 saturated heterocycles. The van der Waals surface area contributed by atoms with E-state index in [1.165, 1.54) is 5.57 Å². The van der Waals surface area contributed by atoms with E-state index in [1.54, 1.807) is 0 Å². The second-order valence-corrected chi connectivity index (χ2v) is 3.74. The lowest BCUT2D eigenvalue weighted by Crippen LogP contribution is -2.06. The van der Waals surface area contributed by atoms with Crippen molar-refractivity contribution in [1.82, 2.24) is 0 Å². The van der Waals surface area contributed by atoms with E-state index in [1.807, 2.05) is 25.1 Å². The lowest BCUT2D eigenvalue weighted by molar-refractivity contribution is 0.161. The van der Waals surface area contributed by atoms with Gasteiger partial charge in [-0.3, -0.25) is 0 Å². The first kappa shape index (κ1) is 11.0. The molecule has 1 aromatic carbocycles. The first-order valence-corrected chi connectivity index (χ1v) is 5.60. The van der Waals surface area contributed by atoms with Crippen LogP contribution in [0.15, 0.2) is 24.3 Å². The molecule has 1 aromatic rings. The normalized spacial score (nSPS) is 15.7. The molecule has 1 aliphatic heterocycles. The van der Waals surface area contributed by atoms with Crippen molar-refractivity contribution >= 4 is 11.3 Å². The second-order valence-electron chi connectivity index (χ2n) is 3.74. The van der Waals surface area contributed by atoms with Crippen molar-refractivity contribution in [1.29, 1.82) is 0 Å². The minimum Gasteiger partial charge on any atom is -0.493 e. The third kappa shape index (κ3) is 2.36. The average molecular weight is 219 g/mol. The van der Waals surface area contributed by atoms with E-state index in [0.29, 0.717) is 13.2 Å². The SMILES string of the molecule is CCOc1ccc(N)cc1C1=CCOCC1. The Bertz CT molecular complexity index is 399. The maximum Gasteiger partial charge on any atom is 0.126 e. The molecule has 0 bridgehead atoms. The summed E-state index contributed by atoms with van der Waals surface area (Å²) in [5.41, 5.74) is 8.95. The van der Waals surface area contributed by atoms with Crippen LogP contribution in [0.5, 0.6) is 5.75 Å². The predicted molar refractivity (Wildman–Crippen MR) is 65.4 cm³/mol. The highest BCUT2D eigenvalue weighted by molar-refractivity contribution is 5.73. The van der Waals surface area contributed by atoms with Crippen LogP contribution in [0.3, 0.4) is 0 Å². The zero-order valence-corrected chi connectivity index (χ0v) is 9.53. The van der Waals surface area contributed by atoms with Crippen LogP contribution in [0.2, 0.25) is 0 Å². The molecule has 0 aliphatic carbocycles. The van der Waals surface area contributed by atoms with Gasteiger partial charge in [-0.15, -0.1) is 0 Å². The van der Waals surface area contributed by atoms with Gasteiger partial charge in [-0.1, -0.05) is 6.08 Å². The summed E-state index contributed by atoms with van der Waals surface area (Å²) < 4.78 is 10.9. The Labute approximate surface area is 95.9 Å². The highest BCUT2D eigenvalue weighted by Crippen LogP contribution is 2.31. The van der Waals surface area contributed by atoms with Crippen molar-refractivity contribution in [2.24, 2.45) is 0 Å². The lowest BCUT2D eigenvalue weighted by atomic mass is 10.00. The van der Waals surface area contributed by atoms with Crippen molar-refractivity contribution in [3.05, 3.63) is 29.8 Å². The molecule has 0 radical (unpaired) electrons. The first-order chi connectivity index (χ1) is 7.81. The molecule has 3 nitrogen and oxygen atoms in total. The Morgan fingerprint density at radius 1 is 1.44 bits per heavy atom. The van der Waals surface area contributed by atoms with E-state index in [9.17, 15) is 0 Å². The molecule has 0 aromatic heterocycles. The second kappa shape index (κ2) is 5.03. The van der Waals surface area contributed by atoms with E-state index in [4.69, 9.17) is 15.2 Å². The number of rotatable bonds is 3. The summed E-state index contributed by atoms with van der Waals surface area (Å²) >= 11 is 0. The molecule has 0 fully saturated rings. The highest BCUT2D eigenvalue weighted by atomic mass is 16.5. The van der Waals surface area contributed by atoms with Crippen LogP contribution in [0, 0.1) is 0 Å². The Kier molecular flexibility index (Phi) is 3.47. The summed E-state index contributed by atoms with van der Waals surface area (Å²) in [5.74, 6) is 0.907. The Hall–Kier alpha value is -1.48. The smallest absolute Gasteiger partial charge is 0.126 e. The van der Waals surface area contributed by atoms with Crippen molar-refractivity contribution in [3.63, 3.8) is 0 Å². The van der Waals surface area contributed by atoms with Gasteiger partial charge in [0.05, 0.1) is 19.8 Å². The number of ether oxygens (including phenoxy) is 2. The van der Waals surface area contributed by atoms with E-state index in [-0.39, 0.29) is 0 Å². The summed E-state index contributed by atoms with van der Waals surface area (Å²) in [7, 11) is 0. The molecule has 0 amide bonds. The third-order valence-electron chi connectivity index (χ3n) is 2.61. The maximum absolute atomic E-state index is 5.82. The van der Waals surface area contributed by atoms with Crippen molar-refractivity contribution in [2.45, 2.75) is 13.3 Å². The van der Waals surface area contributed by atoms with Crippen molar-refractivity contribution in [2.75, 3.05) is 25.6 Å². The van der Waals surface area contributed by atoms with Crippen LogP contribution in [0.4, 0.5) is 5.69 Å². The van der Waals surface area contributed by atoms with Crippen molar-refractivity contribution < 1.29 is 9.47 Å². The topological polar surface area (TPSA) is 44.5 Å². The fourth-order valence-electron chi connectivity index (χ4n) is 1.85. The Balaban J connectivity index is 2.36. The van der Waals surface area contributed by atoms with Crippen LogP contribution < -0.4 is 10.5 Å². The van der Waals surface area contributed by atoms with E-state index in [0.717, 1.165) is 30.0 Å². The molecule has 0 atom stereocenters. The number of nitrogens with two attached hydrogens (primary N) is 1. The molecule has 2 rings (SSSR count). The first-order valence-electron chi connectivity index (χ1n) is 5.60. The molecule has 0 unspecified atom stereocenters. The fourth-order valence-corrected chi connectivity index (χ4v) is 1.85. The number of anilines is 1. The fraction of sp³-hybridized carbons (Fsp3) is 0.385. The van der Waals surface area contributed by atoms with Gasteiger partial charge in [0.2, 0.25) is 0 Å². The van der Waals surface area contributed by atoms with E-state index < -0.39 is 0 Å². The highest BCUT2D eigenvalue weighted by Gasteiger charge is 2.11. The minimum absolute atomic E-state index is 0.667. The number of hydrogen-bond donors (Lipinski definition) is 1. The largest absolute Gasteiger partial charge is 0.493 e. The monoisotopic (exact) mass is 219 g/mol. The summed E-state index contributed by atoms with van der Waals surface area (Å²) in [6, 6.07) is 5.78. The standard InChI is InChI=1S/C13H17NO2/c1-2-16-13-4-3-11(14)9-12(13)10-5-7-15-8-6-10/h3-5,9H,2,6-8,14H2,1H3. The third-order valence-corrected chi connectivity index (χ3v) is 2.61. The van der Waals surface area contributed by atoms with Crippen LogP contribution >= 0.6 is 0 Å². The molecular formula is C13H17NO2. The minimum atomic E-state index is 0.667. The summed E-state index contributed by atoms with van der Waals surface area (Å²) in [5, 5.41) is 0. The molecule has 86 valence electrons. The van der Waals surface area contributed by atoms with Crippen LogP contribution in [-0.2, 0) is 4.74 Å². The summed E-state index contributed by atoms with van der Waals surface area (Å²) in [4.78, 5) is 0. The number of nitrogen functional groups attached to an aromatic ring is 1. The van der Waals surface area contributed by atoms with Gasteiger partial charge in [0, 0.05) is 11.3 Å². The summed E-state index contributed by atoms with van der Waals surface area (Å²) in [6.07, 6.45) is 3.02. The predicted octanol–water partition coefficient (Wildman–Crippen LogP) is 2.47.